The van der Waals surface area contributed by atoms with Crippen LogP contribution in [0.3, 0.4) is 0 Å². The fourth-order valence-electron chi connectivity index (χ4n) is 5.30. The van der Waals surface area contributed by atoms with Crippen molar-refractivity contribution in [2.75, 3.05) is 13.2 Å². The van der Waals surface area contributed by atoms with E-state index in [0.29, 0.717) is 53.3 Å². The van der Waals surface area contributed by atoms with Gasteiger partial charge in [-0.1, -0.05) is 43.3 Å². The van der Waals surface area contributed by atoms with Crippen molar-refractivity contribution in [3.05, 3.63) is 89.5 Å². The van der Waals surface area contributed by atoms with E-state index in [1.807, 2.05) is 0 Å². The minimum absolute atomic E-state index is 0.0711. The molecule has 1 aliphatic carbocycles. The molecular weight excluding hydrogens is 534 g/mol. The second-order valence-electron chi connectivity index (χ2n) is 11.3. The fourth-order valence-corrected chi connectivity index (χ4v) is 5.30. The zero-order valence-corrected chi connectivity index (χ0v) is 22.8. The van der Waals surface area contributed by atoms with Crippen molar-refractivity contribution in [3.63, 3.8) is 0 Å². The van der Waals surface area contributed by atoms with E-state index in [4.69, 9.17) is 9.47 Å². The summed E-state index contributed by atoms with van der Waals surface area (Å²) < 4.78 is 70.5. The lowest BCUT2D eigenvalue weighted by Gasteiger charge is -2.23. The molecule has 0 N–H and O–H groups in total. The van der Waals surface area contributed by atoms with E-state index >= 15 is 4.39 Å². The molecule has 1 unspecified atom stereocenters. The standard InChI is InChI=1S/C32H31F4N3O2/c1-31(14-15-31)20-41-27-13-11-23(19-37-27)29(25(18-32(34,35)36)21-7-3-2-4-8-21)22-10-12-26-24(17-22)30(33)38-39(26)28-9-5-6-16-40-28/h2-4,7-8,10-13,17,19,28H,5-6,9,14-16,18,20H2,1H3/b29-25-. The number of ether oxygens (including phenoxy) is 2. The molecule has 3 heterocycles. The number of hydrogen-bond acceptors (Lipinski definition) is 4. The number of allylic oxidation sites excluding steroid dienone is 1. The van der Waals surface area contributed by atoms with Gasteiger partial charge in [0, 0.05) is 29.8 Å². The van der Waals surface area contributed by atoms with Crippen LogP contribution >= 0.6 is 0 Å². The molecule has 1 atom stereocenters. The molecule has 2 fully saturated rings. The van der Waals surface area contributed by atoms with Crippen LogP contribution in [0, 0.1) is 11.4 Å². The van der Waals surface area contributed by atoms with Gasteiger partial charge in [-0.15, -0.1) is 5.10 Å². The zero-order chi connectivity index (χ0) is 28.6. The maximum atomic E-state index is 15.2. The highest BCUT2D eigenvalue weighted by molar-refractivity contribution is 6.00. The predicted molar refractivity (Wildman–Crippen MR) is 149 cm³/mol. The molecule has 214 valence electrons. The highest BCUT2D eigenvalue weighted by Gasteiger charge is 2.38. The topological polar surface area (TPSA) is 49.2 Å². The first kappa shape index (κ1) is 27.4. The van der Waals surface area contributed by atoms with Gasteiger partial charge in [0.1, 0.15) is 0 Å². The maximum Gasteiger partial charge on any atom is 0.393 e. The highest BCUT2D eigenvalue weighted by Crippen LogP contribution is 2.45. The number of hydrogen-bond donors (Lipinski definition) is 0. The second kappa shape index (κ2) is 10.9. The monoisotopic (exact) mass is 565 g/mol. The fraction of sp³-hybridized carbons (Fsp3) is 0.375. The number of pyridine rings is 1. The van der Waals surface area contributed by atoms with Crippen LogP contribution in [0.2, 0.25) is 0 Å². The van der Waals surface area contributed by atoms with Gasteiger partial charge in [-0.2, -0.15) is 17.6 Å². The third-order valence-corrected chi connectivity index (χ3v) is 7.88. The Bertz CT molecular complexity index is 1550. The molecule has 5 nitrogen and oxygen atoms in total. The Labute approximate surface area is 235 Å². The van der Waals surface area contributed by atoms with Crippen LogP contribution in [-0.4, -0.2) is 34.2 Å². The summed E-state index contributed by atoms with van der Waals surface area (Å²) in [5.74, 6) is -0.281. The summed E-state index contributed by atoms with van der Waals surface area (Å²) >= 11 is 0. The first-order valence-electron chi connectivity index (χ1n) is 13.9. The van der Waals surface area contributed by atoms with Crippen LogP contribution < -0.4 is 4.74 Å². The molecule has 2 aromatic carbocycles. The minimum Gasteiger partial charge on any atom is -0.477 e. The van der Waals surface area contributed by atoms with E-state index in [0.717, 1.165) is 25.7 Å². The smallest absolute Gasteiger partial charge is 0.393 e. The maximum absolute atomic E-state index is 15.2. The number of fused-ring (bicyclic) bond motifs is 1. The first-order chi connectivity index (χ1) is 19.7. The van der Waals surface area contributed by atoms with Crippen molar-refractivity contribution in [3.8, 4) is 5.88 Å². The van der Waals surface area contributed by atoms with Gasteiger partial charge in [0.05, 0.1) is 23.9 Å². The van der Waals surface area contributed by atoms with Gasteiger partial charge in [-0.25, -0.2) is 9.67 Å². The van der Waals surface area contributed by atoms with Gasteiger partial charge in [-0.3, -0.25) is 0 Å². The predicted octanol–water partition coefficient (Wildman–Crippen LogP) is 8.36. The van der Waals surface area contributed by atoms with Crippen LogP contribution in [0.25, 0.3) is 22.0 Å². The van der Waals surface area contributed by atoms with Crippen LogP contribution in [0.15, 0.2) is 66.9 Å². The summed E-state index contributed by atoms with van der Waals surface area (Å²) in [5.41, 5.74) is 2.42. The number of alkyl halides is 3. The lowest BCUT2D eigenvalue weighted by Crippen LogP contribution is -2.19. The lowest BCUT2D eigenvalue weighted by atomic mass is 9.88. The van der Waals surface area contributed by atoms with E-state index in [2.05, 4.69) is 17.0 Å². The molecular formula is C32H31F4N3O2. The Kier molecular flexibility index (Phi) is 7.32. The molecule has 1 aliphatic heterocycles. The molecule has 41 heavy (non-hydrogen) atoms. The molecule has 9 heteroatoms. The van der Waals surface area contributed by atoms with Gasteiger partial charge in [0.15, 0.2) is 6.23 Å². The van der Waals surface area contributed by atoms with Crippen molar-refractivity contribution in [1.29, 1.82) is 0 Å². The Morgan fingerprint density at radius 1 is 1.02 bits per heavy atom. The minimum atomic E-state index is -4.48. The average Bonchev–Trinajstić information content (AvgIpc) is 3.63. The molecule has 0 bridgehead atoms. The largest absolute Gasteiger partial charge is 0.477 e. The van der Waals surface area contributed by atoms with Crippen LogP contribution in [0.4, 0.5) is 17.6 Å². The molecule has 0 amide bonds. The molecule has 2 aliphatic rings. The SMILES string of the molecule is CC1(COc2ccc(/C(=C(/CC(F)(F)F)c3ccccc3)c3ccc4c(c3)c(F)nn4C3CCCCO3)cn2)CC1. The number of rotatable bonds is 8. The van der Waals surface area contributed by atoms with Crippen molar-refractivity contribution < 1.29 is 27.0 Å². The molecule has 2 aromatic heterocycles. The van der Waals surface area contributed by atoms with E-state index in [-0.39, 0.29) is 22.6 Å². The lowest BCUT2D eigenvalue weighted by molar-refractivity contribution is -0.122. The molecule has 4 aromatic rings. The Hall–Kier alpha value is -3.72. The summed E-state index contributed by atoms with van der Waals surface area (Å²) in [4.78, 5) is 4.43. The Morgan fingerprint density at radius 2 is 1.80 bits per heavy atom. The van der Waals surface area contributed by atoms with Crippen LogP contribution in [0.1, 0.15) is 68.4 Å². The number of halogens is 4. The van der Waals surface area contributed by atoms with E-state index in [1.54, 1.807) is 65.3 Å². The van der Waals surface area contributed by atoms with E-state index in [1.165, 1.54) is 6.20 Å². The van der Waals surface area contributed by atoms with Crippen molar-refractivity contribution in [2.45, 2.75) is 57.9 Å². The van der Waals surface area contributed by atoms with Gasteiger partial charge in [0.25, 0.3) is 0 Å². The third kappa shape index (κ3) is 6.15. The third-order valence-electron chi connectivity index (χ3n) is 7.88. The molecule has 1 saturated heterocycles. The number of benzene rings is 2. The Morgan fingerprint density at radius 3 is 2.46 bits per heavy atom. The van der Waals surface area contributed by atoms with Gasteiger partial charge < -0.3 is 9.47 Å². The second-order valence-corrected chi connectivity index (χ2v) is 11.3. The van der Waals surface area contributed by atoms with E-state index in [9.17, 15) is 13.2 Å². The zero-order valence-electron chi connectivity index (χ0n) is 22.8. The normalized spacial score (nSPS) is 19.2. The molecule has 6 rings (SSSR count). The quantitative estimate of drug-likeness (QED) is 0.159. The average molecular weight is 566 g/mol. The number of aromatic nitrogens is 3. The summed E-state index contributed by atoms with van der Waals surface area (Å²) in [7, 11) is 0. The molecule has 1 saturated carbocycles. The highest BCUT2D eigenvalue weighted by atomic mass is 19.4. The summed E-state index contributed by atoms with van der Waals surface area (Å²) in [5, 5.41) is 4.33. The van der Waals surface area contributed by atoms with Crippen molar-refractivity contribution in [1.82, 2.24) is 14.8 Å². The van der Waals surface area contributed by atoms with Gasteiger partial charge >= 0.3 is 6.18 Å². The summed E-state index contributed by atoms with van der Waals surface area (Å²) in [6.07, 6.45) is 0.292. The number of nitrogens with zero attached hydrogens (tertiary/aromatic N) is 3. The van der Waals surface area contributed by atoms with Gasteiger partial charge in [0.2, 0.25) is 11.8 Å². The van der Waals surface area contributed by atoms with Crippen molar-refractivity contribution >= 4 is 22.0 Å². The Balaban J connectivity index is 1.48. The molecule has 0 radical (unpaired) electrons. The van der Waals surface area contributed by atoms with Crippen LogP contribution in [0.5, 0.6) is 5.88 Å². The molecule has 0 spiro atoms. The van der Waals surface area contributed by atoms with Crippen molar-refractivity contribution in [2.24, 2.45) is 5.41 Å². The summed E-state index contributed by atoms with van der Waals surface area (Å²) in [6.45, 7) is 3.25. The first-order valence-corrected chi connectivity index (χ1v) is 13.9. The van der Waals surface area contributed by atoms with Gasteiger partial charge in [-0.05, 0) is 72.6 Å². The van der Waals surface area contributed by atoms with E-state index < -0.39 is 18.5 Å². The van der Waals surface area contributed by atoms with Crippen LogP contribution in [-0.2, 0) is 4.74 Å². The summed E-state index contributed by atoms with van der Waals surface area (Å²) in [6, 6.07) is 16.9.